The topological polar surface area (TPSA) is 71.3 Å². The molecule has 0 bridgehead atoms. The highest BCUT2D eigenvalue weighted by Crippen LogP contribution is 2.30. The van der Waals surface area contributed by atoms with Crippen molar-refractivity contribution in [2.45, 2.75) is 20.5 Å². The third-order valence-electron chi connectivity index (χ3n) is 4.92. The number of aryl methyl sites for hydroxylation is 2. The van der Waals surface area contributed by atoms with Gasteiger partial charge in [-0.1, -0.05) is 54.1 Å². The molecule has 0 aliphatic rings. The maximum absolute atomic E-state index is 12.7. The van der Waals surface area contributed by atoms with Gasteiger partial charge >= 0.3 is 0 Å². The van der Waals surface area contributed by atoms with Crippen LogP contribution in [0.25, 0.3) is 6.08 Å². The summed E-state index contributed by atoms with van der Waals surface area (Å²) in [6.45, 7) is 4.10. The van der Waals surface area contributed by atoms with E-state index in [0.29, 0.717) is 27.8 Å². The van der Waals surface area contributed by atoms with Gasteiger partial charge in [-0.25, -0.2) is 0 Å². The minimum atomic E-state index is -0.470. The molecule has 0 unspecified atom stereocenters. The number of amides is 1. The van der Waals surface area contributed by atoms with Crippen molar-refractivity contribution in [3.63, 3.8) is 0 Å². The second-order valence-corrected chi connectivity index (χ2v) is 7.59. The highest BCUT2D eigenvalue weighted by Gasteiger charge is 2.13. The Morgan fingerprint density at radius 3 is 2.44 bits per heavy atom. The molecule has 162 valence electrons. The van der Waals surface area contributed by atoms with E-state index in [1.165, 1.54) is 13.2 Å². The second-order valence-electron chi connectivity index (χ2n) is 7.18. The molecule has 0 spiro atoms. The second kappa shape index (κ2) is 10.5. The van der Waals surface area contributed by atoms with Crippen molar-refractivity contribution in [1.82, 2.24) is 0 Å². The number of methoxy groups -OCH3 is 1. The molecular weight excluding hydrogens is 424 g/mol. The van der Waals surface area contributed by atoms with Crippen LogP contribution >= 0.6 is 11.6 Å². The molecule has 3 rings (SSSR count). The Hall–Kier alpha value is -3.75. The summed E-state index contributed by atoms with van der Waals surface area (Å²) in [5.74, 6) is 0.546. The van der Waals surface area contributed by atoms with Crippen molar-refractivity contribution >= 4 is 29.3 Å². The zero-order valence-electron chi connectivity index (χ0n) is 18.1. The summed E-state index contributed by atoms with van der Waals surface area (Å²) in [7, 11) is 1.53. The van der Waals surface area contributed by atoms with Crippen molar-refractivity contribution < 1.29 is 14.3 Å². The lowest BCUT2D eigenvalue weighted by atomic mass is 10.1. The molecule has 32 heavy (non-hydrogen) atoms. The molecule has 0 radical (unpaired) electrons. The van der Waals surface area contributed by atoms with E-state index in [4.69, 9.17) is 21.1 Å². The Bertz CT molecular complexity index is 1190. The van der Waals surface area contributed by atoms with E-state index in [0.717, 1.165) is 16.7 Å². The third kappa shape index (κ3) is 5.48. The van der Waals surface area contributed by atoms with Gasteiger partial charge in [0.2, 0.25) is 0 Å². The molecule has 0 saturated heterocycles. The molecular formula is C26H23ClN2O3. The summed E-state index contributed by atoms with van der Waals surface area (Å²) in [6.07, 6.45) is 1.52. The summed E-state index contributed by atoms with van der Waals surface area (Å²) < 4.78 is 11.3. The van der Waals surface area contributed by atoms with Gasteiger partial charge in [-0.05, 0) is 54.8 Å². The normalized spacial score (nSPS) is 10.9. The maximum Gasteiger partial charge on any atom is 0.266 e. The highest BCUT2D eigenvalue weighted by atomic mass is 35.5. The van der Waals surface area contributed by atoms with Gasteiger partial charge in [0.1, 0.15) is 18.2 Å². The predicted molar refractivity (Wildman–Crippen MR) is 127 cm³/mol. The number of hydrogen-bond donors (Lipinski definition) is 1. The lowest BCUT2D eigenvalue weighted by Gasteiger charge is -2.13. The minimum Gasteiger partial charge on any atom is -0.493 e. The number of nitriles is 1. The number of ether oxygens (including phenoxy) is 2. The fourth-order valence-corrected chi connectivity index (χ4v) is 3.36. The summed E-state index contributed by atoms with van der Waals surface area (Å²) in [5.41, 5.74) is 4.05. The van der Waals surface area contributed by atoms with Crippen LogP contribution < -0.4 is 14.8 Å². The van der Waals surface area contributed by atoms with Crippen LogP contribution in [0.4, 0.5) is 5.69 Å². The first-order chi connectivity index (χ1) is 15.4. The number of carbonyl (C=O) groups is 1. The summed E-state index contributed by atoms with van der Waals surface area (Å²) in [5, 5.41) is 13.0. The fraction of sp³-hybridized carbons (Fsp3) is 0.154. The van der Waals surface area contributed by atoms with Crippen LogP contribution in [0.15, 0.2) is 66.2 Å². The number of nitrogens with zero attached hydrogens (tertiary/aromatic N) is 1. The number of carbonyl (C=O) groups excluding carboxylic acids is 1. The van der Waals surface area contributed by atoms with Crippen LogP contribution in [0.1, 0.15) is 22.3 Å². The Morgan fingerprint density at radius 1 is 1.06 bits per heavy atom. The van der Waals surface area contributed by atoms with Crippen molar-refractivity contribution in [3.05, 3.63) is 93.5 Å². The molecule has 1 N–H and O–H groups in total. The minimum absolute atomic E-state index is 0.0144. The molecule has 0 aromatic heterocycles. The first kappa shape index (κ1) is 22.9. The maximum atomic E-state index is 12.7. The molecule has 0 heterocycles. The number of hydrogen-bond acceptors (Lipinski definition) is 4. The van der Waals surface area contributed by atoms with Crippen LogP contribution in [0.3, 0.4) is 0 Å². The number of rotatable bonds is 7. The molecule has 0 aliphatic heterocycles. The van der Waals surface area contributed by atoms with Crippen molar-refractivity contribution in [1.29, 1.82) is 5.26 Å². The zero-order chi connectivity index (χ0) is 23.1. The van der Waals surface area contributed by atoms with Gasteiger partial charge in [0.05, 0.1) is 7.11 Å². The quantitative estimate of drug-likeness (QED) is 0.352. The number of nitrogens with one attached hydrogen (secondary N) is 1. The fourth-order valence-electron chi connectivity index (χ4n) is 3.17. The Morgan fingerprint density at radius 2 is 1.78 bits per heavy atom. The Kier molecular flexibility index (Phi) is 7.54. The molecule has 5 nitrogen and oxygen atoms in total. The highest BCUT2D eigenvalue weighted by molar-refractivity contribution is 6.31. The number of halogens is 1. The van der Waals surface area contributed by atoms with Gasteiger partial charge in [0.15, 0.2) is 11.5 Å². The Labute approximate surface area is 192 Å². The lowest BCUT2D eigenvalue weighted by molar-refractivity contribution is -0.112. The predicted octanol–water partition coefficient (Wildman–Crippen LogP) is 6.09. The monoisotopic (exact) mass is 446 g/mol. The smallest absolute Gasteiger partial charge is 0.266 e. The van der Waals surface area contributed by atoms with Gasteiger partial charge in [-0.15, -0.1) is 0 Å². The van der Waals surface area contributed by atoms with Gasteiger partial charge < -0.3 is 14.8 Å². The van der Waals surface area contributed by atoms with Crippen LogP contribution in [0.2, 0.25) is 5.02 Å². The third-order valence-corrected chi connectivity index (χ3v) is 5.29. The number of anilines is 1. The van der Waals surface area contributed by atoms with Gasteiger partial charge in [0.25, 0.3) is 5.91 Å². The average molecular weight is 447 g/mol. The summed E-state index contributed by atoms with van der Waals surface area (Å²) in [4.78, 5) is 12.7. The van der Waals surface area contributed by atoms with Gasteiger partial charge in [0, 0.05) is 16.3 Å². The van der Waals surface area contributed by atoms with E-state index < -0.39 is 5.91 Å². The zero-order valence-corrected chi connectivity index (χ0v) is 18.9. The Balaban J connectivity index is 1.79. The standard InChI is InChI=1S/C26H23ClN2O3/c1-17-7-6-8-18(2)25(17)29-26(30)21(15-28)13-19-11-12-23(24(14-19)31-3)32-16-20-9-4-5-10-22(20)27/h4-14H,16H2,1-3H3,(H,29,30). The van der Waals surface area contributed by atoms with Crippen LogP contribution in [0.5, 0.6) is 11.5 Å². The first-order valence-electron chi connectivity index (χ1n) is 9.96. The van der Waals surface area contributed by atoms with Crippen molar-refractivity contribution in [2.24, 2.45) is 0 Å². The number of benzene rings is 3. The van der Waals surface area contributed by atoms with E-state index in [1.807, 2.05) is 56.3 Å². The SMILES string of the molecule is COc1cc(C=C(C#N)C(=O)Nc2c(C)cccc2C)ccc1OCc1ccccc1Cl. The van der Waals surface area contributed by atoms with Crippen molar-refractivity contribution in [2.75, 3.05) is 12.4 Å². The molecule has 3 aromatic rings. The van der Waals surface area contributed by atoms with Crippen molar-refractivity contribution in [3.8, 4) is 17.6 Å². The van der Waals surface area contributed by atoms with E-state index in [1.54, 1.807) is 24.3 Å². The van der Waals surface area contributed by atoms with E-state index in [9.17, 15) is 10.1 Å². The van der Waals surface area contributed by atoms with Gasteiger partial charge in [-0.3, -0.25) is 4.79 Å². The molecule has 0 saturated carbocycles. The van der Waals surface area contributed by atoms with E-state index in [-0.39, 0.29) is 12.2 Å². The molecule has 1 amide bonds. The van der Waals surface area contributed by atoms with Crippen LogP contribution in [-0.2, 0) is 11.4 Å². The summed E-state index contributed by atoms with van der Waals surface area (Å²) >= 11 is 6.18. The largest absolute Gasteiger partial charge is 0.493 e. The molecule has 0 atom stereocenters. The molecule has 0 aliphatic carbocycles. The number of para-hydroxylation sites is 1. The van der Waals surface area contributed by atoms with Crippen LogP contribution in [0, 0.1) is 25.2 Å². The van der Waals surface area contributed by atoms with E-state index >= 15 is 0 Å². The average Bonchev–Trinajstić information content (AvgIpc) is 2.79. The van der Waals surface area contributed by atoms with Gasteiger partial charge in [-0.2, -0.15) is 5.26 Å². The molecule has 6 heteroatoms. The lowest BCUT2D eigenvalue weighted by Crippen LogP contribution is -2.15. The first-order valence-corrected chi connectivity index (χ1v) is 10.3. The summed E-state index contributed by atoms with van der Waals surface area (Å²) in [6, 6.07) is 20.4. The molecule has 0 fully saturated rings. The molecule has 3 aromatic carbocycles. The van der Waals surface area contributed by atoms with E-state index in [2.05, 4.69) is 5.32 Å². The van der Waals surface area contributed by atoms with Crippen LogP contribution in [-0.4, -0.2) is 13.0 Å².